The number of nitrogens with one attached hydrogen (secondary N) is 2. The van der Waals surface area contributed by atoms with E-state index < -0.39 is 11.7 Å². The Bertz CT molecular complexity index is 2070. The highest BCUT2D eigenvalue weighted by atomic mass is 16.6. The third kappa shape index (κ3) is 7.65. The molecule has 10 heteroatoms. The van der Waals surface area contributed by atoms with E-state index in [0.29, 0.717) is 25.3 Å². The van der Waals surface area contributed by atoms with Crippen molar-refractivity contribution >= 4 is 29.1 Å². The minimum atomic E-state index is -0.545. The van der Waals surface area contributed by atoms with Crippen molar-refractivity contribution in [3.05, 3.63) is 108 Å². The number of anilines is 1. The summed E-state index contributed by atoms with van der Waals surface area (Å²) in [4.78, 5) is 43.1. The van der Waals surface area contributed by atoms with Crippen LogP contribution in [0.4, 0.5) is 10.5 Å². The fraction of sp³-hybridized carbons (Fsp3) is 0.341. The van der Waals surface area contributed by atoms with E-state index in [1.165, 1.54) is 11.3 Å². The molecule has 5 aromatic rings. The number of nitrogens with zero attached hydrogens (tertiary/aromatic N) is 4. The second-order valence-electron chi connectivity index (χ2n) is 14.6. The zero-order valence-electron chi connectivity index (χ0n) is 29.6. The van der Waals surface area contributed by atoms with Crippen LogP contribution in [0.15, 0.2) is 85.3 Å². The lowest BCUT2D eigenvalue weighted by Crippen LogP contribution is -2.39. The van der Waals surface area contributed by atoms with Crippen LogP contribution in [0.5, 0.6) is 0 Å². The molecule has 3 aromatic carbocycles. The number of imide groups is 1. The van der Waals surface area contributed by atoms with Crippen LogP contribution >= 0.6 is 0 Å². The number of aryl methyl sites for hydroxylation is 1. The Kier molecular flexibility index (Phi) is 9.33. The van der Waals surface area contributed by atoms with Gasteiger partial charge in [0.1, 0.15) is 11.9 Å². The van der Waals surface area contributed by atoms with Crippen LogP contribution in [-0.4, -0.2) is 51.2 Å². The number of ether oxygens (including phenoxy) is 1. The molecule has 2 aromatic heterocycles. The molecule has 1 unspecified atom stereocenters. The number of alkyl carbamates (subject to hydrolysis) is 1. The topological polar surface area (TPSA) is 118 Å². The largest absolute Gasteiger partial charge is 0.444 e. The third-order valence-corrected chi connectivity index (χ3v) is 9.95. The van der Waals surface area contributed by atoms with Crippen LogP contribution in [0, 0.1) is 6.92 Å². The SMILES string of the molecule is Cc1cc(-c2ncnn3cc(-c4ccc(N5CCC(c6ccc(C7CCC(=O)NC7=O)cc6)CC5)cc4)cc23)ccc1CNC(=O)OC(C)(C)C. The molecule has 1 atom stereocenters. The maximum absolute atomic E-state index is 12.3. The second kappa shape index (κ2) is 14.0. The van der Waals surface area contributed by atoms with Gasteiger partial charge < -0.3 is 15.0 Å². The first kappa shape index (κ1) is 34.0. The predicted molar refractivity (Wildman–Crippen MR) is 197 cm³/mol. The van der Waals surface area contributed by atoms with E-state index in [2.05, 4.69) is 86.3 Å². The average Bonchev–Trinajstić information content (AvgIpc) is 3.56. The third-order valence-electron chi connectivity index (χ3n) is 9.95. The quantitative estimate of drug-likeness (QED) is 0.173. The highest BCUT2D eigenvalue weighted by Crippen LogP contribution is 2.34. The molecule has 0 aliphatic carbocycles. The Morgan fingerprint density at radius 1 is 0.902 bits per heavy atom. The summed E-state index contributed by atoms with van der Waals surface area (Å²) in [5, 5.41) is 9.80. The highest BCUT2D eigenvalue weighted by Gasteiger charge is 2.28. The van der Waals surface area contributed by atoms with E-state index in [1.54, 1.807) is 6.33 Å². The summed E-state index contributed by atoms with van der Waals surface area (Å²) in [5.41, 5.74) is 9.95. The molecule has 7 rings (SSSR count). The van der Waals surface area contributed by atoms with Gasteiger partial charge in [0, 0.05) is 49.1 Å². The molecule has 0 spiro atoms. The fourth-order valence-electron chi connectivity index (χ4n) is 7.18. The van der Waals surface area contributed by atoms with Crippen LogP contribution in [0.2, 0.25) is 0 Å². The van der Waals surface area contributed by atoms with Gasteiger partial charge in [-0.2, -0.15) is 5.10 Å². The standard InChI is InChI=1S/C41H44N6O4/c1-26-21-31(9-10-32(26)23-42-40(50)51-41(2,3)4)38-36-22-33(24-47(36)44-25-43-38)28-11-13-34(14-12-28)46-19-17-29(18-20-46)27-5-7-30(8-6-27)35-15-16-37(48)45-39(35)49/h5-14,21-22,24-25,29,35H,15-20,23H2,1-4H3,(H,42,50)(H,45,48,49). The lowest BCUT2D eigenvalue weighted by molar-refractivity contribution is -0.134. The first-order valence-electron chi connectivity index (χ1n) is 17.7. The summed E-state index contributed by atoms with van der Waals surface area (Å²) in [6, 6.07) is 25.5. The summed E-state index contributed by atoms with van der Waals surface area (Å²) < 4.78 is 7.25. The molecule has 0 saturated carbocycles. The van der Waals surface area contributed by atoms with E-state index >= 15 is 0 Å². The maximum atomic E-state index is 12.3. The van der Waals surface area contributed by atoms with E-state index in [-0.39, 0.29) is 17.7 Å². The Labute approximate surface area is 298 Å². The monoisotopic (exact) mass is 684 g/mol. The summed E-state index contributed by atoms with van der Waals surface area (Å²) in [6.45, 7) is 9.90. The van der Waals surface area contributed by atoms with Crippen LogP contribution in [0.1, 0.15) is 80.5 Å². The van der Waals surface area contributed by atoms with Crippen LogP contribution < -0.4 is 15.5 Å². The Morgan fingerprint density at radius 2 is 1.61 bits per heavy atom. The molecular weight excluding hydrogens is 640 g/mol. The van der Waals surface area contributed by atoms with Gasteiger partial charge in [0.05, 0.1) is 17.1 Å². The first-order chi connectivity index (χ1) is 24.5. The number of hydrogen-bond acceptors (Lipinski definition) is 7. The van der Waals surface area contributed by atoms with Crippen molar-refractivity contribution < 1.29 is 19.1 Å². The van der Waals surface area contributed by atoms with Crippen molar-refractivity contribution in [3.63, 3.8) is 0 Å². The molecule has 4 heterocycles. The number of aromatic nitrogens is 3. The zero-order valence-corrected chi connectivity index (χ0v) is 29.6. The fourth-order valence-corrected chi connectivity index (χ4v) is 7.18. The van der Waals surface area contributed by atoms with Gasteiger partial charge in [-0.25, -0.2) is 14.3 Å². The van der Waals surface area contributed by atoms with Crippen molar-refractivity contribution in [1.82, 2.24) is 25.2 Å². The van der Waals surface area contributed by atoms with Crippen molar-refractivity contribution in [2.24, 2.45) is 0 Å². The summed E-state index contributed by atoms with van der Waals surface area (Å²) in [5.74, 6) is -0.133. The van der Waals surface area contributed by atoms with Crippen molar-refractivity contribution in [2.75, 3.05) is 18.0 Å². The smallest absolute Gasteiger partial charge is 0.407 e. The molecule has 0 radical (unpaired) electrons. The van der Waals surface area contributed by atoms with Gasteiger partial charge in [0.2, 0.25) is 11.8 Å². The number of fused-ring (bicyclic) bond motifs is 1. The molecule has 2 aliphatic heterocycles. The number of piperidine rings is 2. The van der Waals surface area contributed by atoms with E-state index in [4.69, 9.17) is 4.74 Å². The van der Waals surface area contributed by atoms with Crippen molar-refractivity contribution in [1.29, 1.82) is 0 Å². The van der Waals surface area contributed by atoms with Crippen molar-refractivity contribution in [2.45, 2.75) is 77.4 Å². The average molecular weight is 685 g/mol. The molecule has 3 amide bonds. The minimum Gasteiger partial charge on any atom is -0.444 e. The number of carbonyl (C=O) groups excluding carboxylic acids is 3. The minimum absolute atomic E-state index is 0.181. The van der Waals surface area contributed by atoms with Gasteiger partial charge in [-0.05, 0) is 105 Å². The van der Waals surface area contributed by atoms with Gasteiger partial charge in [-0.1, -0.05) is 48.5 Å². The molecule has 10 nitrogen and oxygen atoms in total. The number of hydrogen-bond donors (Lipinski definition) is 2. The van der Waals surface area contributed by atoms with Gasteiger partial charge in [-0.15, -0.1) is 0 Å². The predicted octanol–water partition coefficient (Wildman–Crippen LogP) is 7.30. The lowest BCUT2D eigenvalue weighted by atomic mass is 9.86. The van der Waals surface area contributed by atoms with E-state index in [0.717, 1.165) is 70.5 Å². The summed E-state index contributed by atoms with van der Waals surface area (Å²) in [7, 11) is 0. The molecule has 262 valence electrons. The number of benzene rings is 3. The highest BCUT2D eigenvalue weighted by molar-refractivity contribution is 6.00. The molecular formula is C41H44N6O4. The Balaban J connectivity index is 0.985. The first-order valence-corrected chi connectivity index (χ1v) is 17.7. The van der Waals surface area contributed by atoms with Crippen molar-refractivity contribution in [3.8, 4) is 22.4 Å². The van der Waals surface area contributed by atoms with Crippen LogP contribution in [0.3, 0.4) is 0 Å². The second-order valence-corrected chi connectivity index (χ2v) is 14.6. The molecule has 51 heavy (non-hydrogen) atoms. The maximum Gasteiger partial charge on any atom is 0.407 e. The van der Waals surface area contributed by atoms with Gasteiger partial charge in [0.25, 0.3) is 0 Å². The van der Waals surface area contributed by atoms with Crippen LogP contribution in [0.25, 0.3) is 27.9 Å². The lowest BCUT2D eigenvalue weighted by Gasteiger charge is -2.34. The summed E-state index contributed by atoms with van der Waals surface area (Å²) in [6.07, 6.45) is 6.28. The normalized spacial score (nSPS) is 17.0. The van der Waals surface area contributed by atoms with Gasteiger partial charge in [-0.3, -0.25) is 14.9 Å². The molecule has 0 bridgehead atoms. The van der Waals surface area contributed by atoms with E-state index in [9.17, 15) is 14.4 Å². The Hall–Kier alpha value is -5.51. The number of carbonyl (C=O) groups is 3. The molecule has 2 aliphatic rings. The Morgan fingerprint density at radius 3 is 2.29 bits per heavy atom. The van der Waals surface area contributed by atoms with Crippen LogP contribution in [-0.2, 0) is 20.9 Å². The summed E-state index contributed by atoms with van der Waals surface area (Å²) >= 11 is 0. The molecule has 2 saturated heterocycles. The zero-order chi connectivity index (χ0) is 35.7. The molecule has 2 fully saturated rings. The van der Waals surface area contributed by atoms with Gasteiger partial charge in [0.15, 0.2) is 0 Å². The van der Waals surface area contributed by atoms with Gasteiger partial charge >= 0.3 is 6.09 Å². The number of amides is 3. The molecule has 2 N–H and O–H groups in total. The van der Waals surface area contributed by atoms with E-state index in [1.807, 2.05) is 50.5 Å². The number of rotatable bonds is 7.